The fourth-order valence-electron chi connectivity index (χ4n) is 2.47. The van der Waals surface area contributed by atoms with E-state index in [2.05, 4.69) is 15.2 Å². The van der Waals surface area contributed by atoms with Crippen molar-refractivity contribution in [3.05, 3.63) is 41.2 Å². The van der Waals surface area contributed by atoms with Gasteiger partial charge in [-0.2, -0.15) is 0 Å². The zero-order valence-corrected chi connectivity index (χ0v) is 12.5. The molecule has 0 radical (unpaired) electrons. The monoisotopic (exact) mass is 305 g/mol. The second-order valence-corrected chi connectivity index (χ2v) is 5.42. The number of benzene rings is 1. The van der Waals surface area contributed by atoms with Crippen LogP contribution in [0.25, 0.3) is 0 Å². The highest BCUT2D eigenvalue weighted by Gasteiger charge is 2.24. The Balaban J connectivity index is 1.65. The minimum absolute atomic E-state index is 0.0677. The molecular formula is C14H16ClN5O. The molecular weight excluding hydrogens is 290 g/mol. The molecule has 1 saturated heterocycles. The summed E-state index contributed by atoms with van der Waals surface area (Å²) in [7, 11) is 1.75. The molecule has 21 heavy (non-hydrogen) atoms. The van der Waals surface area contributed by atoms with E-state index >= 15 is 0 Å². The topological polar surface area (TPSA) is 54.3 Å². The van der Waals surface area contributed by atoms with Crippen LogP contribution in [0, 0.1) is 0 Å². The number of nitrogens with zero attached hydrogens (tertiary/aromatic N) is 5. The van der Waals surface area contributed by atoms with E-state index in [0.29, 0.717) is 18.8 Å². The first kappa shape index (κ1) is 13.9. The van der Waals surface area contributed by atoms with Gasteiger partial charge in [0.2, 0.25) is 0 Å². The highest BCUT2D eigenvalue weighted by atomic mass is 35.5. The number of rotatable bonds is 2. The Kier molecular flexibility index (Phi) is 3.79. The van der Waals surface area contributed by atoms with Gasteiger partial charge in [-0.05, 0) is 12.1 Å². The van der Waals surface area contributed by atoms with Crippen molar-refractivity contribution in [2.24, 2.45) is 7.05 Å². The summed E-state index contributed by atoms with van der Waals surface area (Å²) in [6.45, 7) is 2.83. The number of aryl methyl sites for hydroxylation is 1. The van der Waals surface area contributed by atoms with Crippen LogP contribution in [0.4, 0.5) is 5.69 Å². The van der Waals surface area contributed by atoms with Crippen molar-refractivity contribution in [3.63, 3.8) is 0 Å². The summed E-state index contributed by atoms with van der Waals surface area (Å²) in [5.41, 5.74) is 1.41. The van der Waals surface area contributed by atoms with E-state index < -0.39 is 0 Å². The van der Waals surface area contributed by atoms with Crippen LogP contribution in [0.3, 0.4) is 0 Å². The van der Waals surface area contributed by atoms with Gasteiger partial charge in [-0.15, -0.1) is 5.10 Å². The van der Waals surface area contributed by atoms with Gasteiger partial charge in [0.25, 0.3) is 5.91 Å². The predicted octanol–water partition coefficient (Wildman–Crippen LogP) is 1.43. The molecule has 1 amide bonds. The summed E-state index contributed by atoms with van der Waals surface area (Å²) >= 11 is 6.21. The lowest BCUT2D eigenvalue weighted by atomic mass is 10.2. The van der Waals surface area contributed by atoms with E-state index in [-0.39, 0.29) is 5.91 Å². The summed E-state index contributed by atoms with van der Waals surface area (Å²) in [5, 5.41) is 8.41. The molecule has 3 rings (SSSR count). The maximum absolute atomic E-state index is 12.3. The maximum atomic E-state index is 12.3. The van der Waals surface area contributed by atoms with Crippen molar-refractivity contribution in [2.45, 2.75) is 0 Å². The van der Waals surface area contributed by atoms with Crippen LogP contribution in [-0.4, -0.2) is 52.0 Å². The number of carbonyl (C=O) groups excluding carboxylic acids is 1. The van der Waals surface area contributed by atoms with Gasteiger partial charge in [0.1, 0.15) is 0 Å². The quantitative estimate of drug-likeness (QED) is 0.842. The van der Waals surface area contributed by atoms with Crippen LogP contribution in [0.15, 0.2) is 30.5 Å². The van der Waals surface area contributed by atoms with E-state index in [1.54, 1.807) is 18.1 Å². The number of piperazine rings is 1. The number of carbonyl (C=O) groups is 1. The van der Waals surface area contributed by atoms with E-state index in [1.165, 1.54) is 4.68 Å². The van der Waals surface area contributed by atoms with E-state index in [1.807, 2.05) is 24.3 Å². The molecule has 6 nitrogen and oxygen atoms in total. The third-order valence-electron chi connectivity index (χ3n) is 3.58. The first-order valence-electron chi connectivity index (χ1n) is 6.80. The Hall–Kier alpha value is -2.08. The van der Waals surface area contributed by atoms with Gasteiger partial charge in [-0.1, -0.05) is 28.9 Å². The summed E-state index contributed by atoms with van der Waals surface area (Å²) in [6.07, 6.45) is 1.64. The summed E-state index contributed by atoms with van der Waals surface area (Å²) in [6, 6.07) is 7.77. The molecule has 1 aromatic carbocycles. The number of aromatic nitrogens is 3. The van der Waals surface area contributed by atoms with Crippen molar-refractivity contribution in [2.75, 3.05) is 31.1 Å². The molecule has 0 saturated carbocycles. The Bertz CT molecular complexity index is 648. The standard InChI is InChI=1S/C14H16ClN5O/c1-18-10-12(16-17-18)14(21)20-8-6-19(7-9-20)13-5-3-2-4-11(13)15/h2-5,10H,6-9H2,1H3. The van der Waals surface area contributed by atoms with Crippen LogP contribution < -0.4 is 4.90 Å². The largest absolute Gasteiger partial charge is 0.367 e. The molecule has 7 heteroatoms. The molecule has 0 unspecified atom stereocenters. The van der Waals surface area contributed by atoms with Gasteiger partial charge in [0.15, 0.2) is 5.69 Å². The minimum Gasteiger partial charge on any atom is -0.367 e. The third-order valence-corrected chi connectivity index (χ3v) is 3.90. The predicted molar refractivity (Wildman–Crippen MR) is 80.6 cm³/mol. The summed E-state index contributed by atoms with van der Waals surface area (Å²) < 4.78 is 1.53. The SMILES string of the molecule is Cn1cc(C(=O)N2CCN(c3ccccc3Cl)CC2)nn1. The van der Waals surface area contributed by atoms with Crippen molar-refractivity contribution in [1.29, 1.82) is 0 Å². The second-order valence-electron chi connectivity index (χ2n) is 5.01. The molecule has 0 bridgehead atoms. The van der Waals surface area contributed by atoms with Crippen molar-refractivity contribution >= 4 is 23.2 Å². The average molecular weight is 306 g/mol. The number of anilines is 1. The summed E-state index contributed by atoms with van der Waals surface area (Å²) in [5.74, 6) is -0.0677. The van der Waals surface area contributed by atoms with E-state index in [4.69, 9.17) is 11.6 Å². The molecule has 0 aliphatic carbocycles. The van der Waals surface area contributed by atoms with Gasteiger partial charge in [0, 0.05) is 33.2 Å². The highest BCUT2D eigenvalue weighted by Crippen LogP contribution is 2.26. The molecule has 0 atom stereocenters. The fraction of sp³-hybridized carbons (Fsp3) is 0.357. The molecule has 1 aliphatic rings. The Morgan fingerprint density at radius 1 is 1.19 bits per heavy atom. The number of halogens is 1. The number of hydrogen-bond donors (Lipinski definition) is 0. The highest BCUT2D eigenvalue weighted by molar-refractivity contribution is 6.33. The molecule has 2 aromatic rings. The van der Waals surface area contributed by atoms with E-state index in [0.717, 1.165) is 23.8 Å². The van der Waals surface area contributed by atoms with Gasteiger partial charge in [0.05, 0.1) is 16.9 Å². The first-order chi connectivity index (χ1) is 10.1. The Morgan fingerprint density at radius 3 is 2.52 bits per heavy atom. The number of amides is 1. The number of hydrogen-bond acceptors (Lipinski definition) is 4. The Morgan fingerprint density at radius 2 is 1.90 bits per heavy atom. The normalized spacial score (nSPS) is 15.3. The van der Waals surface area contributed by atoms with E-state index in [9.17, 15) is 4.79 Å². The molecule has 1 aromatic heterocycles. The Labute approximate surface area is 127 Å². The molecule has 0 spiro atoms. The van der Waals surface area contributed by atoms with Crippen molar-refractivity contribution < 1.29 is 4.79 Å². The lowest BCUT2D eigenvalue weighted by Crippen LogP contribution is -2.49. The van der Waals surface area contributed by atoms with Crippen molar-refractivity contribution in [1.82, 2.24) is 19.9 Å². The zero-order chi connectivity index (χ0) is 14.8. The van der Waals surface area contributed by atoms with Gasteiger partial charge in [-0.3, -0.25) is 9.48 Å². The maximum Gasteiger partial charge on any atom is 0.276 e. The second kappa shape index (κ2) is 5.73. The van der Waals surface area contributed by atoms with Crippen LogP contribution in [0.5, 0.6) is 0 Å². The van der Waals surface area contributed by atoms with Gasteiger partial charge < -0.3 is 9.80 Å². The molecule has 110 valence electrons. The lowest BCUT2D eigenvalue weighted by molar-refractivity contribution is 0.0741. The minimum atomic E-state index is -0.0677. The van der Waals surface area contributed by atoms with Gasteiger partial charge >= 0.3 is 0 Å². The fourth-order valence-corrected chi connectivity index (χ4v) is 2.72. The number of para-hydroxylation sites is 1. The zero-order valence-electron chi connectivity index (χ0n) is 11.7. The molecule has 1 fully saturated rings. The average Bonchev–Trinajstić information content (AvgIpc) is 2.94. The van der Waals surface area contributed by atoms with Crippen LogP contribution in [0.1, 0.15) is 10.5 Å². The third kappa shape index (κ3) is 2.85. The smallest absolute Gasteiger partial charge is 0.276 e. The van der Waals surface area contributed by atoms with Crippen LogP contribution in [0.2, 0.25) is 5.02 Å². The lowest BCUT2D eigenvalue weighted by Gasteiger charge is -2.36. The van der Waals surface area contributed by atoms with Crippen LogP contribution in [-0.2, 0) is 7.05 Å². The van der Waals surface area contributed by atoms with Crippen molar-refractivity contribution in [3.8, 4) is 0 Å². The first-order valence-corrected chi connectivity index (χ1v) is 7.18. The van der Waals surface area contributed by atoms with Gasteiger partial charge in [-0.25, -0.2) is 0 Å². The molecule has 0 N–H and O–H groups in total. The summed E-state index contributed by atoms with van der Waals surface area (Å²) in [4.78, 5) is 16.3. The molecule has 2 heterocycles. The van der Waals surface area contributed by atoms with Crippen LogP contribution >= 0.6 is 11.6 Å². The molecule has 1 aliphatic heterocycles.